The molecule has 0 aliphatic carbocycles. The van der Waals surface area contributed by atoms with E-state index in [2.05, 4.69) is 5.32 Å². The summed E-state index contributed by atoms with van der Waals surface area (Å²) in [6.07, 6.45) is -0.190. The van der Waals surface area contributed by atoms with Crippen molar-refractivity contribution in [2.75, 3.05) is 20.6 Å². The smallest absolute Gasteiger partial charge is 0.353 e. The fourth-order valence-corrected chi connectivity index (χ4v) is 5.63. The molecule has 11 nitrogen and oxygen atoms in total. The van der Waals surface area contributed by atoms with Crippen LogP contribution in [0.25, 0.3) is 0 Å². The molecule has 0 radical (unpaired) electrons. The van der Waals surface area contributed by atoms with Crippen LogP contribution in [0.5, 0.6) is 0 Å². The molecule has 0 bridgehead atoms. The number of nitrogens with zero attached hydrogens (tertiary/aromatic N) is 2. The predicted octanol–water partition coefficient (Wildman–Crippen LogP) is -2.78. The van der Waals surface area contributed by atoms with Crippen molar-refractivity contribution in [3.05, 3.63) is 10.6 Å². The number of thioether (sulfide) groups is 1. The molecule has 3 aliphatic rings. The van der Waals surface area contributed by atoms with Gasteiger partial charge >= 0.3 is 5.97 Å². The number of β-lactam (4-membered cyclic amide) rings is 1. The lowest BCUT2D eigenvalue weighted by Gasteiger charge is -2.46. The molecule has 9 N–H and O–H groups in total. The molecule has 3 aliphatic heterocycles. The van der Waals surface area contributed by atoms with Gasteiger partial charge in [-0.1, -0.05) is 6.92 Å². The van der Waals surface area contributed by atoms with E-state index in [1.807, 2.05) is 6.92 Å². The third-order valence-corrected chi connectivity index (χ3v) is 6.95. The van der Waals surface area contributed by atoms with Gasteiger partial charge < -0.3 is 41.8 Å². The summed E-state index contributed by atoms with van der Waals surface area (Å²) in [7, 11) is 3.42. The number of hydrogen-bond acceptors (Lipinski definition) is 6. The van der Waals surface area contributed by atoms with Gasteiger partial charge in [0, 0.05) is 36.7 Å². The monoisotopic (exact) mass is 437 g/mol. The number of nitrogens with one attached hydrogen (secondary N) is 1. The maximum absolute atomic E-state index is 12.3. The summed E-state index contributed by atoms with van der Waals surface area (Å²) in [5.41, 5.74) is 0.0387. The fraction of sp³-hybridized carbons (Fsp3) is 0.706. The maximum atomic E-state index is 12.3. The number of aliphatic hydroxyl groups is 1. The van der Waals surface area contributed by atoms with Gasteiger partial charge in [0.1, 0.15) is 5.70 Å². The molecule has 29 heavy (non-hydrogen) atoms. The summed E-state index contributed by atoms with van der Waals surface area (Å²) >= 11 is 1.45. The van der Waals surface area contributed by atoms with Crippen LogP contribution >= 0.6 is 11.8 Å². The molecule has 2 fully saturated rings. The minimum atomic E-state index is -1.12. The third kappa shape index (κ3) is 4.42. The average molecular weight is 438 g/mol. The molecule has 6 atom stereocenters. The van der Waals surface area contributed by atoms with Gasteiger partial charge in [-0.05, 0) is 13.3 Å². The van der Waals surface area contributed by atoms with Crippen molar-refractivity contribution >= 4 is 29.5 Å². The van der Waals surface area contributed by atoms with E-state index in [4.69, 9.17) is 0 Å². The number of amides is 2. The first-order valence-corrected chi connectivity index (χ1v) is 9.62. The summed E-state index contributed by atoms with van der Waals surface area (Å²) in [6, 6.07) is -0.568. The van der Waals surface area contributed by atoms with E-state index in [0.29, 0.717) is 17.9 Å². The topological polar surface area (TPSA) is 205 Å². The zero-order valence-corrected chi connectivity index (χ0v) is 17.6. The van der Waals surface area contributed by atoms with Crippen LogP contribution in [0, 0.1) is 11.8 Å². The molecule has 2 unspecified atom stereocenters. The fourth-order valence-electron chi connectivity index (χ4n) is 4.15. The molecule has 0 spiro atoms. The molecular weight excluding hydrogens is 406 g/mol. The standard InChI is InChI=1S/C17H25N3O5S.3H2O/c1-7-12-11(8(2)21)16(23)20(12)13(17(24)25)14(7)26-9-5-10(18-6-9)15(22)19(3)4;;;/h7-12,18,21H,5-6H2,1-4H3,(H,24,25);3*1H2/t7-,8-,9+,10+,11?,12?;;;/m1.../s1. The number of aliphatic hydroxyl groups excluding tert-OH is 1. The van der Waals surface area contributed by atoms with Gasteiger partial charge in [-0.3, -0.25) is 9.59 Å². The summed E-state index contributed by atoms with van der Waals surface area (Å²) in [4.78, 5) is 39.8. The van der Waals surface area contributed by atoms with E-state index >= 15 is 0 Å². The van der Waals surface area contributed by atoms with Gasteiger partial charge in [-0.15, -0.1) is 11.8 Å². The Hall–Kier alpha value is -1.70. The lowest BCUT2D eigenvalue weighted by atomic mass is 9.79. The van der Waals surface area contributed by atoms with Crippen molar-refractivity contribution in [2.45, 2.75) is 43.7 Å². The van der Waals surface area contributed by atoms with Crippen LogP contribution in [0.1, 0.15) is 20.3 Å². The van der Waals surface area contributed by atoms with Crippen LogP contribution in [0.15, 0.2) is 10.6 Å². The SMILES string of the molecule is C[C@@H](O)C1C(=O)N2C(C(=O)O)=C(S[C@@H]3CN[C@H](C(=O)N(C)C)C3)[C@H](C)C12.O.O.O. The van der Waals surface area contributed by atoms with E-state index in [0.717, 1.165) is 0 Å². The number of fused-ring (bicyclic) bond motifs is 1. The Labute approximate surface area is 173 Å². The van der Waals surface area contributed by atoms with Crippen molar-refractivity contribution in [1.82, 2.24) is 15.1 Å². The molecule has 2 amide bonds. The minimum Gasteiger partial charge on any atom is -0.477 e. The number of carbonyl (C=O) groups excluding carboxylic acids is 2. The first-order chi connectivity index (χ1) is 12.1. The molecule has 168 valence electrons. The first-order valence-electron chi connectivity index (χ1n) is 8.75. The van der Waals surface area contributed by atoms with E-state index in [1.165, 1.54) is 16.7 Å². The zero-order valence-electron chi connectivity index (χ0n) is 16.8. The molecule has 0 aromatic carbocycles. The zero-order chi connectivity index (χ0) is 19.3. The molecule has 0 saturated carbocycles. The lowest BCUT2D eigenvalue weighted by Crippen LogP contribution is -2.63. The van der Waals surface area contributed by atoms with Crippen molar-refractivity contribution in [1.29, 1.82) is 0 Å². The number of likely N-dealkylation sites (N-methyl/N-ethyl adjacent to an activating group) is 1. The van der Waals surface area contributed by atoms with Crippen LogP contribution in [-0.2, 0) is 14.4 Å². The van der Waals surface area contributed by atoms with Crippen LogP contribution in [-0.4, -0.2) is 98.3 Å². The van der Waals surface area contributed by atoms with Crippen molar-refractivity contribution in [3.8, 4) is 0 Å². The molecular formula is C17H31N3O8S. The Morgan fingerprint density at radius 3 is 2.34 bits per heavy atom. The minimum absolute atomic E-state index is 0. The van der Waals surface area contributed by atoms with Gasteiger partial charge in [0.15, 0.2) is 0 Å². The number of aliphatic carboxylic acids is 1. The van der Waals surface area contributed by atoms with Crippen LogP contribution in [0.2, 0.25) is 0 Å². The lowest BCUT2D eigenvalue weighted by molar-refractivity contribution is -0.163. The predicted molar refractivity (Wildman–Crippen MR) is 107 cm³/mol. The molecule has 0 aromatic heterocycles. The largest absolute Gasteiger partial charge is 0.477 e. The second-order valence-electron chi connectivity index (χ2n) is 7.44. The van der Waals surface area contributed by atoms with Crippen molar-refractivity contribution < 1.29 is 41.0 Å². The summed E-state index contributed by atoms with van der Waals surface area (Å²) in [6.45, 7) is 4.08. The Balaban J connectivity index is 0.00000261. The van der Waals surface area contributed by atoms with E-state index in [1.54, 1.807) is 25.9 Å². The number of carbonyl (C=O) groups is 3. The van der Waals surface area contributed by atoms with Crippen molar-refractivity contribution in [2.24, 2.45) is 11.8 Å². The third-order valence-electron chi connectivity index (χ3n) is 5.43. The van der Waals surface area contributed by atoms with E-state index in [9.17, 15) is 24.6 Å². The number of hydrogen-bond donors (Lipinski definition) is 3. The Morgan fingerprint density at radius 2 is 1.86 bits per heavy atom. The Bertz CT molecular complexity index is 684. The summed E-state index contributed by atoms with van der Waals surface area (Å²) in [5, 5.41) is 22.8. The second-order valence-corrected chi connectivity index (χ2v) is 8.78. The number of carboxylic acids is 1. The molecule has 0 aromatic rings. The number of rotatable bonds is 5. The molecule has 3 heterocycles. The molecule has 12 heteroatoms. The Morgan fingerprint density at radius 1 is 1.28 bits per heavy atom. The van der Waals surface area contributed by atoms with E-state index in [-0.39, 0.29) is 57.2 Å². The van der Waals surface area contributed by atoms with Crippen LogP contribution in [0.4, 0.5) is 0 Å². The van der Waals surface area contributed by atoms with Gasteiger partial charge in [0.05, 0.1) is 24.1 Å². The van der Waals surface area contributed by atoms with Crippen molar-refractivity contribution in [3.63, 3.8) is 0 Å². The highest BCUT2D eigenvalue weighted by Gasteiger charge is 2.60. The van der Waals surface area contributed by atoms with Gasteiger partial charge in [-0.2, -0.15) is 0 Å². The molecule has 2 saturated heterocycles. The summed E-state index contributed by atoms with van der Waals surface area (Å²) < 4.78 is 0. The van der Waals surface area contributed by atoms with Gasteiger partial charge in [0.25, 0.3) is 0 Å². The molecule has 3 rings (SSSR count). The highest BCUT2D eigenvalue weighted by Crippen LogP contribution is 2.51. The quantitative estimate of drug-likeness (QED) is 0.385. The normalized spacial score (nSPS) is 31.0. The van der Waals surface area contributed by atoms with Gasteiger partial charge in [0.2, 0.25) is 11.8 Å². The summed E-state index contributed by atoms with van der Waals surface area (Å²) in [5.74, 6) is -2.14. The Kier molecular flexibility index (Phi) is 9.29. The number of carboxylic acid groups (broad SMARTS) is 1. The maximum Gasteiger partial charge on any atom is 0.353 e. The highest BCUT2D eigenvalue weighted by molar-refractivity contribution is 8.03. The first kappa shape index (κ1) is 27.3. The van der Waals surface area contributed by atoms with Crippen LogP contribution < -0.4 is 5.32 Å². The highest BCUT2D eigenvalue weighted by atomic mass is 32.2. The average Bonchev–Trinajstić information content (AvgIpc) is 3.09. The van der Waals surface area contributed by atoms with Gasteiger partial charge in [-0.25, -0.2) is 4.79 Å². The van der Waals surface area contributed by atoms with E-state index < -0.39 is 18.0 Å². The second kappa shape index (κ2) is 9.87. The van der Waals surface area contributed by atoms with Crippen LogP contribution in [0.3, 0.4) is 0 Å².